The number of aryl methyl sites for hydroxylation is 4. The second kappa shape index (κ2) is 9.57. The molecule has 1 amide bonds. The van der Waals surface area contributed by atoms with Gasteiger partial charge in [0.1, 0.15) is 9.88 Å². The molecule has 0 atom stereocenters. The van der Waals surface area contributed by atoms with Crippen LogP contribution in [-0.2, 0) is 13.6 Å². The van der Waals surface area contributed by atoms with E-state index in [1.807, 2.05) is 20.8 Å². The third kappa shape index (κ3) is 5.07. The number of nitrogens with zero attached hydrogens (tertiary/aromatic N) is 4. The van der Waals surface area contributed by atoms with Crippen molar-refractivity contribution >= 4 is 17.2 Å². The number of hydrogen-bond acceptors (Lipinski definition) is 6. The summed E-state index contributed by atoms with van der Waals surface area (Å²) in [5, 5.41) is 8.01. The number of amides is 1. The highest BCUT2D eigenvalue weighted by Crippen LogP contribution is 2.29. The van der Waals surface area contributed by atoms with E-state index in [1.165, 1.54) is 27.1 Å². The normalized spacial score (nSPS) is 15.1. The number of nitrogens with one attached hydrogen (secondary N) is 1. The fraction of sp³-hybridized carbons (Fsp3) is 0.440. The second-order valence-electron chi connectivity index (χ2n) is 8.96. The van der Waals surface area contributed by atoms with Crippen LogP contribution in [-0.4, -0.2) is 44.7 Å². The zero-order chi connectivity index (χ0) is 23.7. The molecule has 1 aromatic carbocycles. The van der Waals surface area contributed by atoms with Crippen molar-refractivity contribution in [2.75, 3.05) is 13.1 Å². The first-order chi connectivity index (χ1) is 15.7. The lowest BCUT2D eigenvalue weighted by Crippen LogP contribution is -2.44. The molecule has 7 nitrogen and oxygen atoms in total. The van der Waals surface area contributed by atoms with Gasteiger partial charge in [0.05, 0.1) is 17.0 Å². The molecule has 1 fully saturated rings. The van der Waals surface area contributed by atoms with Gasteiger partial charge in [-0.15, -0.1) is 11.3 Å². The maximum Gasteiger partial charge on any atom is 0.277 e. The third-order valence-corrected chi connectivity index (χ3v) is 7.53. The summed E-state index contributed by atoms with van der Waals surface area (Å²) in [6.07, 6.45) is 1.84. The number of rotatable bonds is 5. The molecule has 1 saturated heterocycles. The second-order valence-corrected chi connectivity index (χ2v) is 9.96. The summed E-state index contributed by atoms with van der Waals surface area (Å²) in [5.74, 6) is -0.103. The lowest BCUT2D eigenvalue weighted by Gasteiger charge is -2.32. The van der Waals surface area contributed by atoms with Crippen LogP contribution in [0.5, 0.6) is 0 Å². The lowest BCUT2D eigenvalue weighted by atomic mass is 10.0. The van der Waals surface area contributed by atoms with Gasteiger partial charge in [0.15, 0.2) is 0 Å². The monoisotopic (exact) mass is 465 g/mol. The summed E-state index contributed by atoms with van der Waals surface area (Å²) in [5.41, 5.74) is 5.19. The van der Waals surface area contributed by atoms with Crippen molar-refractivity contribution in [1.29, 1.82) is 0 Å². The van der Waals surface area contributed by atoms with Crippen LogP contribution in [0.1, 0.15) is 50.6 Å². The maximum atomic E-state index is 13.0. The third-order valence-electron chi connectivity index (χ3n) is 6.35. The van der Waals surface area contributed by atoms with Crippen LogP contribution in [0.15, 0.2) is 29.1 Å². The smallest absolute Gasteiger partial charge is 0.277 e. The number of thiazole rings is 1. The Kier molecular flexibility index (Phi) is 6.76. The van der Waals surface area contributed by atoms with E-state index in [-0.39, 0.29) is 17.5 Å². The fourth-order valence-corrected chi connectivity index (χ4v) is 5.43. The number of carbonyl (C=O) groups excluding carboxylic acids is 1. The van der Waals surface area contributed by atoms with E-state index in [2.05, 4.69) is 51.5 Å². The largest absolute Gasteiger partial charge is 0.348 e. The first-order valence-electron chi connectivity index (χ1n) is 11.3. The summed E-state index contributed by atoms with van der Waals surface area (Å²) < 4.78 is 1.33. The van der Waals surface area contributed by atoms with Gasteiger partial charge in [0.2, 0.25) is 0 Å². The van der Waals surface area contributed by atoms with Gasteiger partial charge in [-0.05, 0) is 51.7 Å². The minimum Gasteiger partial charge on any atom is -0.348 e. The van der Waals surface area contributed by atoms with Gasteiger partial charge in [0, 0.05) is 32.7 Å². The number of likely N-dealkylation sites (tertiary alicyclic amines) is 1. The van der Waals surface area contributed by atoms with Crippen molar-refractivity contribution < 1.29 is 4.79 Å². The van der Waals surface area contributed by atoms with Gasteiger partial charge in [0.25, 0.3) is 11.5 Å². The molecule has 1 N–H and O–H groups in total. The molecule has 8 heteroatoms. The average molecular weight is 466 g/mol. The van der Waals surface area contributed by atoms with Gasteiger partial charge < -0.3 is 5.32 Å². The van der Waals surface area contributed by atoms with E-state index in [9.17, 15) is 9.59 Å². The SMILES string of the molecule is Cc1cccc(CN2CCC(NC(=O)c3sc(-c4c(C)c(C)nn(C)c4=O)nc3C)CC2)c1. The molecule has 2 aromatic heterocycles. The van der Waals surface area contributed by atoms with Crippen molar-refractivity contribution in [2.45, 2.75) is 53.1 Å². The Morgan fingerprint density at radius 2 is 1.88 bits per heavy atom. The number of aromatic nitrogens is 3. The molecule has 1 aliphatic rings. The van der Waals surface area contributed by atoms with Crippen LogP contribution < -0.4 is 10.9 Å². The summed E-state index contributed by atoms with van der Waals surface area (Å²) in [7, 11) is 1.64. The van der Waals surface area contributed by atoms with E-state index < -0.39 is 0 Å². The minimum atomic E-state index is -0.195. The maximum absolute atomic E-state index is 13.0. The Labute approximate surface area is 198 Å². The zero-order valence-electron chi connectivity index (χ0n) is 19.9. The van der Waals surface area contributed by atoms with E-state index in [0.29, 0.717) is 21.1 Å². The Morgan fingerprint density at radius 3 is 2.58 bits per heavy atom. The van der Waals surface area contributed by atoms with Crippen molar-refractivity contribution in [3.8, 4) is 10.6 Å². The molecule has 4 rings (SSSR count). The molecule has 33 heavy (non-hydrogen) atoms. The molecule has 174 valence electrons. The van der Waals surface area contributed by atoms with Crippen molar-refractivity contribution in [2.24, 2.45) is 7.05 Å². The molecule has 3 aromatic rings. The highest BCUT2D eigenvalue weighted by molar-refractivity contribution is 7.17. The molecule has 0 aliphatic carbocycles. The predicted molar refractivity (Wildman–Crippen MR) is 132 cm³/mol. The average Bonchev–Trinajstić information content (AvgIpc) is 3.15. The summed E-state index contributed by atoms with van der Waals surface area (Å²) in [6.45, 7) is 10.5. The molecule has 0 saturated carbocycles. The van der Waals surface area contributed by atoms with Crippen LogP contribution in [0.4, 0.5) is 0 Å². The Morgan fingerprint density at radius 1 is 1.15 bits per heavy atom. The van der Waals surface area contributed by atoms with Crippen LogP contribution in [0.2, 0.25) is 0 Å². The quantitative estimate of drug-likeness (QED) is 0.624. The summed E-state index contributed by atoms with van der Waals surface area (Å²) in [4.78, 5) is 33.3. The van der Waals surface area contributed by atoms with Crippen LogP contribution in [0.3, 0.4) is 0 Å². The van der Waals surface area contributed by atoms with E-state index in [4.69, 9.17) is 0 Å². The Hall–Kier alpha value is -2.84. The number of hydrogen-bond donors (Lipinski definition) is 1. The van der Waals surface area contributed by atoms with Crippen LogP contribution in [0.25, 0.3) is 10.6 Å². The highest BCUT2D eigenvalue weighted by atomic mass is 32.1. The molecule has 3 heterocycles. The molecule has 0 bridgehead atoms. The highest BCUT2D eigenvalue weighted by Gasteiger charge is 2.25. The Balaban J connectivity index is 1.41. The van der Waals surface area contributed by atoms with Crippen molar-refractivity contribution in [3.05, 3.63) is 67.6 Å². The van der Waals surface area contributed by atoms with Crippen molar-refractivity contribution in [1.82, 2.24) is 25.0 Å². The lowest BCUT2D eigenvalue weighted by molar-refractivity contribution is 0.0912. The molecular formula is C25H31N5O2S. The molecule has 0 unspecified atom stereocenters. The fourth-order valence-electron chi connectivity index (χ4n) is 4.37. The van der Waals surface area contributed by atoms with E-state index in [0.717, 1.165) is 43.7 Å². The zero-order valence-corrected chi connectivity index (χ0v) is 20.8. The van der Waals surface area contributed by atoms with Gasteiger partial charge in [-0.2, -0.15) is 5.10 Å². The molecule has 0 radical (unpaired) electrons. The van der Waals surface area contributed by atoms with E-state index in [1.54, 1.807) is 7.05 Å². The predicted octanol–water partition coefficient (Wildman–Crippen LogP) is 3.53. The van der Waals surface area contributed by atoms with E-state index >= 15 is 0 Å². The van der Waals surface area contributed by atoms with Gasteiger partial charge in [-0.25, -0.2) is 9.67 Å². The summed E-state index contributed by atoms with van der Waals surface area (Å²) in [6, 6.07) is 8.77. The molecule has 0 spiro atoms. The van der Waals surface area contributed by atoms with Crippen LogP contribution in [0, 0.1) is 27.7 Å². The topological polar surface area (TPSA) is 80.1 Å². The van der Waals surface area contributed by atoms with Crippen LogP contribution >= 0.6 is 11.3 Å². The number of carbonyl (C=O) groups is 1. The van der Waals surface area contributed by atoms with Gasteiger partial charge in [-0.1, -0.05) is 29.8 Å². The first kappa shape index (κ1) is 23.3. The molecular weight excluding hydrogens is 434 g/mol. The minimum absolute atomic E-state index is 0.103. The van der Waals surface area contributed by atoms with Gasteiger partial charge >= 0.3 is 0 Å². The number of benzene rings is 1. The first-order valence-corrected chi connectivity index (χ1v) is 12.2. The number of piperidine rings is 1. The standard InChI is InChI=1S/C25H31N5O2S/c1-15-7-6-8-19(13-15)14-30-11-9-20(10-12-30)27-23(31)22-18(4)26-24(33-22)21-16(2)17(3)28-29(5)25(21)32/h6-8,13,20H,9-12,14H2,1-5H3,(H,27,31). The molecule has 1 aliphatic heterocycles. The Bertz CT molecular complexity index is 1240. The summed E-state index contributed by atoms with van der Waals surface area (Å²) >= 11 is 1.28. The van der Waals surface area contributed by atoms with Gasteiger partial charge in [-0.3, -0.25) is 14.5 Å². The van der Waals surface area contributed by atoms with Crippen molar-refractivity contribution in [3.63, 3.8) is 0 Å².